The number of para-hydroxylation sites is 1. The number of imide groups is 1. The summed E-state index contributed by atoms with van der Waals surface area (Å²) in [6.07, 6.45) is 0.749. The van der Waals surface area contributed by atoms with Gasteiger partial charge in [-0.2, -0.15) is 0 Å². The molecule has 1 aliphatic heterocycles. The predicted molar refractivity (Wildman–Crippen MR) is 72.6 cm³/mol. The standard InChI is InChI=1S/C15H18N2O2/c1-3-16-9(2)10-6-4-5-7-13(10)17-14(18)11-8-12(11)15(17)19/h4-7,9,11-12,16H,3,8H2,1-2H3. The average Bonchev–Trinajstić information content (AvgIpc) is 3.15. The number of nitrogens with zero attached hydrogens (tertiary/aromatic N) is 1. The molecule has 100 valence electrons. The van der Waals surface area contributed by atoms with Crippen LogP contribution < -0.4 is 10.2 Å². The first-order valence-corrected chi connectivity index (χ1v) is 6.85. The summed E-state index contributed by atoms with van der Waals surface area (Å²) in [6.45, 7) is 4.94. The van der Waals surface area contributed by atoms with E-state index in [2.05, 4.69) is 5.32 Å². The second-order valence-electron chi connectivity index (χ2n) is 5.30. The van der Waals surface area contributed by atoms with Crippen molar-refractivity contribution in [2.45, 2.75) is 26.3 Å². The summed E-state index contributed by atoms with van der Waals surface area (Å²) in [7, 11) is 0. The third kappa shape index (κ3) is 1.87. The molecule has 0 spiro atoms. The van der Waals surface area contributed by atoms with Gasteiger partial charge in [0.25, 0.3) is 0 Å². The van der Waals surface area contributed by atoms with Crippen molar-refractivity contribution in [2.75, 3.05) is 11.4 Å². The van der Waals surface area contributed by atoms with Crippen molar-refractivity contribution in [1.29, 1.82) is 0 Å². The fraction of sp³-hybridized carbons (Fsp3) is 0.467. The number of fused-ring (bicyclic) bond motifs is 1. The number of carbonyl (C=O) groups excluding carboxylic acids is 2. The fourth-order valence-corrected chi connectivity index (χ4v) is 2.89. The molecule has 3 unspecified atom stereocenters. The molecule has 1 aliphatic carbocycles. The van der Waals surface area contributed by atoms with Gasteiger partial charge in [-0.15, -0.1) is 0 Å². The topological polar surface area (TPSA) is 49.4 Å². The molecular weight excluding hydrogens is 240 g/mol. The maximum Gasteiger partial charge on any atom is 0.237 e. The zero-order chi connectivity index (χ0) is 13.6. The maximum absolute atomic E-state index is 12.2. The van der Waals surface area contributed by atoms with E-state index in [4.69, 9.17) is 0 Å². The summed E-state index contributed by atoms with van der Waals surface area (Å²) in [6, 6.07) is 7.79. The molecule has 3 atom stereocenters. The molecule has 2 fully saturated rings. The van der Waals surface area contributed by atoms with Crippen LogP contribution in [-0.4, -0.2) is 18.4 Å². The lowest BCUT2D eigenvalue weighted by Crippen LogP contribution is -2.34. The zero-order valence-electron chi connectivity index (χ0n) is 11.2. The van der Waals surface area contributed by atoms with E-state index in [1.165, 1.54) is 4.90 Å². The van der Waals surface area contributed by atoms with Gasteiger partial charge < -0.3 is 5.32 Å². The van der Waals surface area contributed by atoms with Crippen molar-refractivity contribution in [1.82, 2.24) is 5.32 Å². The van der Waals surface area contributed by atoms with Crippen LogP contribution in [0.4, 0.5) is 5.69 Å². The number of hydrogen-bond donors (Lipinski definition) is 1. The van der Waals surface area contributed by atoms with Crippen LogP contribution in [0, 0.1) is 11.8 Å². The van der Waals surface area contributed by atoms with E-state index < -0.39 is 0 Å². The van der Waals surface area contributed by atoms with Gasteiger partial charge in [0.2, 0.25) is 11.8 Å². The molecule has 3 rings (SSSR count). The normalized spacial score (nSPS) is 26.5. The molecule has 4 nitrogen and oxygen atoms in total. The van der Waals surface area contributed by atoms with E-state index in [1.54, 1.807) is 0 Å². The summed E-state index contributed by atoms with van der Waals surface area (Å²) in [5.41, 5.74) is 1.76. The SMILES string of the molecule is CCNC(C)c1ccccc1N1C(=O)C2CC2C1=O. The van der Waals surface area contributed by atoms with Gasteiger partial charge in [0.05, 0.1) is 17.5 Å². The van der Waals surface area contributed by atoms with Gasteiger partial charge in [0.15, 0.2) is 0 Å². The Hall–Kier alpha value is -1.68. The highest BCUT2D eigenvalue weighted by atomic mass is 16.2. The van der Waals surface area contributed by atoms with Crippen LogP contribution in [0.5, 0.6) is 0 Å². The number of hydrogen-bond acceptors (Lipinski definition) is 3. The molecule has 1 saturated heterocycles. The van der Waals surface area contributed by atoms with E-state index in [-0.39, 0.29) is 29.7 Å². The lowest BCUT2D eigenvalue weighted by atomic mass is 10.0. The van der Waals surface area contributed by atoms with E-state index >= 15 is 0 Å². The molecule has 1 aromatic carbocycles. The van der Waals surface area contributed by atoms with Crippen molar-refractivity contribution in [2.24, 2.45) is 11.8 Å². The predicted octanol–water partition coefficient (Wildman–Crippen LogP) is 1.87. The van der Waals surface area contributed by atoms with Crippen LogP contribution in [0.3, 0.4) is 0 Å². The Balaban J connectivity index is 1.97. The van der Waals surface area contributed by atoms with Gasteiger partial charge in [-0.05, 0) is 31.5 Å². The summed E-state index contributed by atoms with van der Waals surface area (Å²) in [5, 5.41) is 3.33. The molecular formula is C15H18N2O2. The molecule has 1 saturated carbocycles. The Labute approximate surface area is 112 Å². The van der Waals surface area contributed by atoms with Crippen LogP contribution in [0.15, 0.2) is 24.3 Å². The van der Waals surface area contributed by atoms with Crippen LogP contribution >= 0.6 is 0 Å². The molecule has 1 N–H and O–H groups in total. The number of carbonyl (C=O) groups is 2. The number of benzene rings is 1. The third-order valence-electron chi connectivity index (χ3n) is 4.02. The lowest BCUT2D eigenvalue weighted by molar-refractivity contribution is -0.123. The molecule has 4 heteroatoms. The van der Waals surface area contributed by atoms with Gasteiger partial charge in [0, 0.05) is 6.04 Å². The molecule has 1 heterocycles. The van der Waals surface area contributed by atoms with Gasteiger partial charge in [-0.3, -0.25) is 9.59 Å². The Kier molecular flexibility index (Phi) is 2.90. The monoisotopic (exact) mass is 258 g/mol. The molecule has 2 amide bonds. The number of amides is 2. The largest absolute Gasteiger partial charge is 0.310 e. The number of rotatable bonds is 4. The minimum Gasteiger partial charge on any atom is -0.310 e. The van der Waals surface area contributed by atoms with Crippen molar-refractivity contribution in [3.05, 3.63) is 29.8 Å². The first-order valence-electron chi connectivity index (χ1n) is 6.85. The Morgan fingerprint density at radius 3 is 2.53 bits per heavy atom. The van der Waals surface area contributed by atoms with Gasteiger partial charge in [-0.1, -0.05) is 25.1 Å². The lowest BCUT2D eigenvalue weighted by Gasteiger charge is -2.23. The fourth-order valence-electron chi connectivity index (χ4n) is 2.89. The number of nitrogens with one attached hydrogen (secondary N) is 1. The minimum atomic E-state index is -0.0463. The summed E-state index contributed by atoms with van der Waals surface area (Å²) in [5.74, 6) is -0.137. The van der Waals surface area contributed by atoms with Gasteiger partial charge >= 0.3 is 0 Å². The quantitative estimate of drug-likeness (QED) is 0.839. The smallest absolute Gasteiger partial charge is 0.237 e. The molecule has 2 aliphatic rings. The van der Waals surface area contributed by atoms with Crippen LogP contribution in [-0.2, 0) is 9.59 Å². The second kappa shape index (κ2) is 4.46. The summed E-state index contributed by atoms with van der Waals surface area (Å²) >= 11 is 0. The number of piperidine rings is 1. The summed E-state index contributed by atoms with van der Waals surface area (Å²) in [4.78, 5) is 25.7. The van der Waals surface area contributed by atoms with E-state index in [1.807, 2.05) is 38.1 Å². The Morgan fingerprint density at radius 1 is 1.26 bits per heavy atom. The van der Waals surface area contributed by atoms with Gasteiger partial charge in [0.1, 0.15) is 0 Å². The average molecular weight is 258 g/mol. The first kappa shape index (κ1) is 12.4. The van der Waals surface area contributed by atoms with Crippen molar-refractivity contribution >= 4 is 17.5 Å². The highest BCUT2D eigenvalue weighted by Gasteiger charge is 2.59. The number of anilines is 1. The van der Waals surface area contributed by atoms with Crippen molar-refractivity contribution in [3.63, 3.8) is 0 Å². The van der Waals surface area contributed by atoms with Crippen LogP contribution in [0.1, 0.15) is 31.9 Å². The molecule has 0 aromatic heterocycles. The first-order chi connectivity index (χ1) is 9.15. The molecule has 0 radical (unpaired) electrons. The minimum absolute atomic E-state index is 0.0221. The zero-order valence-corrected chi connectivity index (χ0v) is 11.2. The van der Waals surface area contributed by atoms with E-state index in [0.29, 0.717) is 0 Å². The third-order valence-corrected chi connectivity index (χ3v) is 4.02. The summed E-state index contributed by atoms with van der Waals surface area (Å²) < 4.78 is 0. The maximum atomic E-state index is 12.2. The van der Waals surface area contributed by atoms with Crippen molar-refractivity contribution in [3.8, 4) is 0 Å². The van der Waals surface area contributed by atoms with Crippen molar-refractivity contribution < 1.29 is 9.59 Å². The van der Waals surface area contributed by atoms with Crippen LogP contribution in [0.25, 0.3) is 0 Å². The van der Waals surface area contributed by atoms with Crippen LogP contribution in [0.2, 0.25) is 0 Å². The Morgan fingerprint density at radius 2 is 1.89 bits per heavy atom. The molecule has 1 aromatic rings. The second-order valence-corrected chi connectivity index (χ2v) is 5.30. The molecule has 0 bridgehead atoms. The van der Waals surface area contributed by atoms with E-state index in [9.17, 15) is 9.59 Å². The highest BCUT2D eigenvalue weighted by Crippen LogP contribution is 2.49. The highest BCUT2D eigenvalue weighted by molar-refractivity contribution is 6.25. The van der Waals surface area contributed by atoms with E-state index in [0.717, 1.165) is 24.2 Å². The van der Waals surface area contributed by atoms with Gasteiger partial charge in [-0.25, -0.2) is 4.90 Å². The molecule has 19 heavy (non-hydrogen) atoms. The Bertz CT molecular complexity index is 521.